The monoisotopic (exact) mass is 452 g/mol. The average Bonchev–Trinajstić information content (AvgIpc) is 3.50. The summed E-state index contributed by atoms with van der Waals surface area (Å²) >= 11 is 0. The molecule has 4 heteroatoms. The Balaban J connectivity index is 0.000000129. The maximum atomic E-state index is 5.09. The van der Waals surface area contributed by atoms with Gasteiger partial charge >= 0.3 is 0 Å². The number of rotatable bonds is 0. The number of nitrogens with zero attached hydrogens (tertiary/aromatic N) is 2. The van der Waals surface area contributed by atoms with Crippen LogP contribution >= 0.6 is 0 Å². The van der Waals surface area contributed by atoms with Crippen molar-refractivity contribution in [3.05, 3.63) is 125 Å². The Labute approximate surface area is 203 Å². The Morgan fingerprint density at radius 3 is 1.82 bits per heavy atom. The van der Waals surface area contributed by atoms with E-state index in [2.05, 4.69) is 73.2 Å². The summed E-state index contributed by atoms with van der Waals surface area (Å²) in [5.74, 6) is 1.35. The fraction of sp³-hybridized carbons (Fsp3) is 0.200. The van der Waals surface area contributed by atoms with Gasteiger partial charge in [0.2, 0.25) is 6.79 Å². The number of benzene rings is 2. The number of allylic oxidation sites excluding steroid dienone is 1. The number of hydrogen-bond acceptors (Lipinski definition) is 4. The van der Waals surface area contributed by atoms with Gasteiger partial charge in [0, 0.05) is 18.8 Å². The third-order valence-electron chi connectivity index (χ3n) is 5.00. The van der Waals surface area contributed by atoms with Gasteiger partial charge in [-0.3, -0.25) is 4.98 Å². The van der Waals surface area contributed by atoms with E-state index in [4.69, 9.17) is 9.47 Å². The van der Waals surface area contributed by atoms with E-state index < -0.39 is 0 Å². The molecule has 1 aliphatic heterocycles. The lowest BCUT2D eigenvalue weighted by atomic mass is 10.2. The van der Waals surface area contributed by atoms with Crippen LogP contribution in [0.1, 0.15) is 33.5 Å². The van der Waals surface area contributed by atoms with Gasteiger partial charge in [0.15, 0.2) is 5.75 Å². The van der Waals surface area contributed by atoms with E-state index >= 15 is 0 Å². The Bertz CT molecular complexity index is 1150. The van der Waals surface area contributed by atoms with Gasteiger partial charge in [0.05, 0.1) is 5.69 Å². The Morgan fingerprint density at radius 1 is 0.647 bits per heavy atom. The van der Waals surface area contributed by atoms with Crippen molar-refractivity contribution < 1.29 is 9.47 Å². The molecule has 2 aromatic carbocycles. The highest BCUT2D eigenvalue weighted by molar-refractivity contribution is 5.58. The quantitative estimate of drug-likeness (QED) is 0.286. The van der Waals surface area contributed by atoms with Gasteiger partial charge in [0.25, 0.3) is 5.88 Å². The lowest BCUT2D eigenvalue weighted by molar-refractivity contribution is 0.171. The molecule has 0 N–H and O–H groups in total. The Hall–Kier alpha value is -3.92. The van der Waals surface area contributed by atoms with Crippen LogP contribution in [0.5, 0.6) is 11.6 Å². The van der Waals surface area contributed by atoms with Crippen LogP contribution in [0.3, 0.4) is 0 Å². The lowest BCUT2D eigenvalue weighted by Crippen LogP contribution is -1.93. The predicted octanol–water partition coefficient (Wildman–Crippen LogP) is 7.07. The smallest absolute Gasteiger partial charge is 0.260 e. The molecule has 0 unspecified atom stereocenters. The molecular formula is C30H32N2O2. The predicted molar refractivity (Wildman–Crippen MR) is 139 cm³/mol. The van der Waals surface area contributed by atoms with Crippen molar-refractivity contribution >= 4 is 6.08 Å². The zero-order valence-electron chi connectivity index (χ0n) is 20.4. The zero-order valence-corrected chi connectivity index (χ0v) is 20.4. The summed E-state index contributed by atoms with van der Waals surface area (Å²) < 4.78 is 10.1. The first-order chi connectivity index (χ1) is 16.5. The number of ether oxygens (including phenoxy) is 2. The number of fused-ring (bicyclic) bond motifs is 2. The summed E-state index contributed by atoms with van der Waals surface area (Å²) in [6.07, 6.45) is 8.97. The van der Waals surface area contributed by atoms with Crippen LogP contribution in [0.25, 0.3) is 6.08 Å². The first-order valence-electron chi connectivity index (χ1n) is 11.4. The van der Waals surface area contributed by atoms with E-state index in [0.717, 1.165) is 17.7 Å². The molecule has 4 aromatic rings. The van der Waals surface area contributed by atoms with Gasteiger partial charge in [0.1, 0.15) is 0 Å². The summed E-state index contributed by atoms with van der Waals surface area (Å²) in [7, 11) is 0. The van der Waals surface area contributed by atoms with Crippen LogP contribution in [0.15, 0.2) is 91.3 Å². The standard InChI is InChI=1S/C9H9N.C7H7NO2.2C7H8/c1-7-5-8-3-2-4-9(8)10-6-7;1-5-2-6-7(8-3-5)10-4-9-6;2*1-7-5-3-2-4-6-7/h2-3,5-6H,4H2,1H3;2-3H,4H2,1H3;2*2-6H,1H3. The molecule has 4 nitrogen and oxygen atoms in total. The number of aryl methyl sites for hydroxylation is 4. The molecular weight excluding hydrogens is 420 g/mol. The maximum absolute atomic E-state index is 5.09. The van der Waals surface area contributed by atoms with Gasteiger partial charge in [-0.05, 0) is 56.5 Å². The molecule has 0 spiro atoms. The summed E-state index contributed by atoms with van der Waals surface area (Å²) in [5, 5.41) is 0. The van der Waals surface area contributed by atoms with Crippen molar-refractivity contribution in [1.29, 1.82) is 0 Å². The maximum Gasteiger partial charge on any atom is 0.260 e. The molecule has 0 amide bonds. The van der Waals surface area contributed by atoms with E-state index in [1.54, 1.807) is 6.20 Å². The minimum absolute atomic E-state index is 0.297. The molecule has 2 aliphatic rings. The third kappa shape index (κ3) is 8.21. The van der Waals surface area contributed by atoms with E-state index in [1.165, 1.54) is 27.9 Å². The van der Waals surface area contributed by atoms with Crippen LogP contribution in [-0.4, -0.2) is 16.8 Å². The topological polar surface area (TPSA) is 44.2 Å². The highest BCUT2D eigenvalue weighted by Crippen LogP contribution is 2.29. The molecule has 2 aromatic heterocycles. The molecule has 0 atom stereocenters. The van der Waals surface area contributed by atoms with Crippen molar-refractivity contribution in [2.24, 2.45) is 0 Å². The van der Waals surface area contributed by atoms with Gasteiger partial charge in [-0.2, -0.15) is 0 Å². The lowest BCUT2D eigenvalue weighted by Gasteiger charge is -1.96. The highest BCUT2D eigenvalue weighted by atomic mass is 16.7. The van der Waals surface area contributed by atoms with Gasteiger partial charge in [-0.15, -0.1) is 0 Å². The van der Waals surface area contributed by atoms with Crippen molar-refractivity contribution in [2.75, 3.05) is 6.79 Å². The summed E-state index contributed by atoms with van der Waals surface area (Å²) in [5.41, 5.74) is 7.48. The molecule has 174 valence electrons. The third-order valence-corrected chi connectivity index (χ3v) is 5.00. The van der Waals surface area contributed by atoms with E-state index in [-0.39, 0.29) is 0 Å². The Kier molecular flexibility index (Phi) is 9.41. The molecule has 0 saturated heterocycles. The van der Waals surface area contributed by atoms with Crippen LogP contribution in [0, 0.1) is 27.7 Å². The fourth-order valence-corrected chi connectivity index (χ4v) is 3.19. The fourth-order valence-electron chi connectivity index (χ4n) is 3.19. The second-order valence-electron chi connectivity index (χ2n) is 8.19. The minimum Gasteiger partial charge on any atom is -0.452 e. The summed E-state index contributed by atoms with van der Waals surface area (Å²) in [6, 6.07) is 24.6. The van der Waals surface area contributed by atoms with E-state index in [9.17, 15) is 0 Å². The van der Waals surface area contributed by atoms with Crippen molar-refractivity contribution in [3.63, 3.8) is 0 Å². The van der Waals surface area contributed by atoms with Gasteiger partial charge in [-0.1, -0.05) is 83.9 Å². The number of aromatic nitrogens is 2. The van der Waals surface area contributed by atoms with Gasteiger partial charge in [-0.25, -0.2) is 4.98 Å². The van der Waals surface area contributed by atoms with Gasteiger partial charge < -0.3 is 9.47 Å². The number of hydrogen-bond donors (Lipinski definition) is 0. The molecule has 3 heterocycles. The normalized spacial score (nSPS) is 11.6. The van der Waals surface area contributed by atoms with Crippen molar-refractivity contribution in [1.82, 2.24) is 9.97 Å². The largest absolute Gasteiger partial charge is 0.452 e. The highest BCUT2D eigenvalue weighted by Gasteiger charge is 2.13. The van der Waals surface area contributed by atoms with Crippen molar-refractivity contribution in [2.45, 2.75) is 34.1 Å². The molecule has 34 heavy (non-hydrogen) atoms. The Morgan fingerprint density at radius 2 is 1.24 bits per heavy atom. The molecule has 0 saturated carbocycles. The second-order valence-corrected chi connectivity index (χ2v) is 8.19. The van der Waals surface area contributed by atoms with Crippen LogP contribution in [-0.2, 0) is 6.42 Å². The molecule has 1 aliphatic carbocycles. The van der Waals surface area contributed by atoms with Crippen molar-refractivity contribution in [3.8, 4) is 11.6 Å². The van der Waals surface area contributed by atoms with E-state index in [1.807, 2.05) is 55.6 Å². The molecule has 6 rings (SSSR count). The zero-order chi connectivity index (χ0) is 24.2. The van der Waals surface area contributed by atoms with Crippen LogP contribution in [0.4, 0.5) is 0 Å². The minimum atomic E-state index is 0.297. The van der Waals surface area contributed by atoms with Crippen LogP contribution in [0.2, 0.25) is 0 Å². The first kappa shape index (κ1) is 24.7. The molecule has 0 bridgehead atoms. The molecule has 0 fully saturated rings. The second kappa shape index (κ2) is 12.9. The molecule has 0 radical (unpaired) electrons. The van der Waals surface area contributed by atoms with E-state index in [0.29, 0.717) is 12.7 Å². The summed E-state index contributed by atoms with van der Waals surface area (Å²) in [4.78, 5) is 8.31. The summed E-state index contributed by atoms with van der Waals surface area (Å²) in [6.45, 7) is 8.50. The number of pyridine rings is 2. The first-order valence-corrected chi connectivity index (χ1v) is 11.4. The van der Waals surface area contributed by atoms with Crippen LogP contribution < -0.4 is 9.47 Å². The average molecular weight is 453 g/mol. The SMILES string of the molecule is Cc1ccccc1.Cc1ccccc1.Cc1cnc2c(c1)C=CC2.Cc1cnc2c(c1)OCO2.